The van der Waals surface area contributed by atoms with E-state index >= 15 is 0 Å². The topological polar surface area (TPSA) is 29.9 Å². The summed E-state index contributed by atoms with van der Waals surface area (Å²) >= 11 is 0. The minimum absolute atomic E-state index is 0.585. The molecule has 106 valence electrons. The van der Waals surface area contributed by atoms with E-state index in [1.165, 1.54) is 42.5 Å². The number of nitrogens with zero attached hydrogens (tertiary/aromatic N) is 2. The van der Waals surface area contributed by atoms with Crippen LogP contribution in [0, 0.1) is 20.8 Å². The van der Waals surface area contributed by atoms with Crippen LogP contribution in [-0.2, 0) is 0 Å². The summed E-state index contributed by atoms with van der Waals surface area (Å²) in [6, 6.07) is 7.17. The molecular weight excluding hydrogens is 246 g/mol. The van der Waals surface area contributed by atoms with Gasteiger partial charge in [0.2, 0.25) is 5.95 Å². The molecule has 0 atom stereocenters. The molecule has 1 heterocycles. The molecule has 0 amide bonds. The van der Waals surface area contributed by atoms with Crippen molar-refractivity contribution in [2.45, 2.75) is 52.5 Å². The van der Waals surface area contributed by atoms with Crippen molar-refractivity contribution in [3.8, 4) is 5.69 Å². The van der Waals surface area contributed by atoms with Gasteiger partial charge in [-0.15, -0.1) is 0 Å². The maximum Gasteiger partial charge on any atom is 0.207 e. The number of benzene rings is 1. The summed E-state index contributed by atoms with van der Waals surface area (Å²) < 4.78 is 2.18. The molecule has 1 fully saturated rings. The second-order valence-electron chi connectivity index (χ2n) is 5.97. The first-order chi connectivity index (χ1) is 9.63. The van der Waals surface area contributed by atoms with E-state index < -0.39 is 0 Å². The molecule has 0 spiro atoms. The van der Waals surface area contributed by atoms with E-state index in [4.69, 9.17) is 0 Å². The van der Waals surface area contributed by atoms with Crippen LogP contribution in [-0.4, -0.2) is 15.6 Å². The van der Waals surface area contributed by atoms with Gasteiger partial charge in [0.1, 0.15) is 0 Å². The molecule has 0 unspecified atom stereocenters. The molecule has 2 aromatic rings. The Morgan fingerprint density at radius 1 is 1.10 bits per heavy atom. The highest BCUT2D eigenvalue weighted by atomic mass is 15.2. The summed E-state index contributed by atoms with van der Waals surface area (Å²) in [6.07, 6.45) is 7.31. The minimum Gasteiger partial charge on any atom is -0.353 e. The van der Waals surface area contributed by atoms with Crippen LogP contribution < -0.4 is 5.32 Å². The van der Waals surface area contributed by atoms with Gasteiger partial charge in [-0.1, -0.05) is 18.9 Å². The number of aromatic nitrogens is 2. The molecular formula is C17H23N3. The largest absolute Gasteiger partial charge is 0.353 e. The molecule has 1 saturated carbocycles. The first kappa shape index (κ1) is 13.2. The zero-order valence-electron chi connectivity index (χ0n) is 12.6. The maximum atomic E-state index is 4.65. The standard InChI is InChI=1S/C17H23N3/c1-12-8-9-16(10-13(12)2)20-11-14(3)18-17(20)19-15-6-4-5-7-15/h8-11,15H,4-7H2,1-3H3,(H,18,19). The molecule has 0 aliphatic heterocycles. The van der Waals surface area contributed by atoms with Crippen molar-refractivity contribution in [2.24, 2.45) is 0 Å². The van der Waals surface area contributed by atoms with Gasteiger partial charge in [0.25, 0.3) is 0 Å². The number of imidazole rings is 1. The second kappa shape index (κ2) is 5.31. The lowest BCUT2D eigenvalue weighted by Gasteiger charge is -2.15. The van der Waals surface area contributed by atoms with E-state index in [1.54, 1.807) is 0 Å². The Hall–Kier alpha value is -1.77. The number of nitrogens with one attached hydrogen (secondary N) is 1. The third-order valence-electron chi connectivity index (χ3n) is 4.28. The van der Waals surface area contributed by atoms with E-state index in [1.807, 2.05) is 0 Å². The summed E-state index contributed by atoms with van der Waals surface area (Å²) in [5.41, 5.74) is 4.90. The Kier molecular flexibility index (Phi) is 3.51. The Balaban J connectivity index is 1.93. The van der Waals surface area contributed by atoms with E-state index in [0.717, 1.165) is 11.6 Å². The molecule has 3 nitrogen and oxygen atoms in total. The van der Waals surface area contributed by atoms with Gasteiger partial charge in [-0.2, -0.15) is 0 Å². The van der Waals surface area contributed by atoms with Gasteiger partial charge in [-0.25, -0.2) is 4.98 Å². The fourth-order valence-corrected chi connectivity index (χ4v) is 2.92. The Labute approximate surface area is 121 Å². The monoisotopic (exact) mass is 269 g/mol. The van der Waals surface area contributed by atoms with Crippen LogP contribution in [0.5, 0.6) is 0 Å². The molecule has 0 bridgehead atoms. The van der Waals surface area contributed by atoms with E-state index in [9.17, 15) is 0 Å². The van der Waals surface area contributed by atoms with Crippen molar-refractivity contribution < 1.29 is 0 Å². The van der Waals surface area contributed by atoms with Gasteiger partial charge in [-0.3, -0.25) is 4.57 Å². The number of aryl methyl sites for hydroxylation is 3. The zero-order valence-corrected chi connectivity index (χ0v) is 12.6. The number of hydrogen-bond donors (Lipinski definition) is 1. The van der Waals surface area contributed by atoms with Crippen molar-refractivity contribution in [1.82, 2.24) is 9.55 Å². The molecule has 3 heteroatoms. The summed E-state index contributed by atoms with van der Waals surface area (Å²) in [5.74, 6) is 0.984. The number of rotatable bonds is 3. The first-order valence-corrected chi connectivity index (χ1v) is 7.53. The average molecular weight is 269 g/mol. The normalized spacial score (nSPS) is 15.8. The van der Waals surface area contributed by atoms with Crippen molar-refractivity contribution in [3.05, 3.63) is 41.2 Å². The van der Waals surface area contributed by atoms with Crippen LogP contribution in [0.1, 0.15) is 42.5 Å². The molecule has 1 aromatic heterocycles. The van der Waals surface area contributed by atoms with Gasteiger partial charge >= 0.3 is 0 Å². The van der Waals surface area contributed by atoms with Gasteiger partial charge in [0.15, 0.2) is 0 Å². The Morgan fingerprint density at radius 2 is 1.85 bits per heavy atom. The number of anilines is 1. The van der Waals surface area contributed by atoms with Crippen LogP contribution in [0.2, 0.25) is 0 Å². The van der Waals surface area contributed by atoms with Crippen molar-refractivity contribution in [1.29, 1.82) is 0 Å². The van der Waals surface area contributed by atoms with Crippen LogP contribution in [0.3, 0.4) is 0 Å². The van der Waals surface area contributed by atoms with Crippen LogP contribution in [0.4, 0.5) is 5.95 Å². The molecule has 1 N–H and O–H groups in total. The quantitative estimate of drug-likeness (QED) is 0.907. The van der Waals surface area contributed by atoms with Gasteiger partial charge < -0.3 is 5.32 Å². The van der Waals surface area contributed by atoms with Crippen LogP contribution in [0.25, 0.3) is 5.69 Å². The van der Waals surface area contributed by atoms with E-state index in [2.05, 4.69) is 60.0 Å². The predicted octanol–water partition coefficient (Wildman–Crippen LogP) is 4.15. The Bertz CT molecular complexity index is 607. The van der Waals surface area contributed by atoms with Crippen LogP contribution in [0.15, 0.2) is 24.4 Å². The summed E-state index contributed by atoms with van der Waals surface area (Å²) in [7, 11) is 0. The average Bonchev–Trinajstić information content (AvgIpc) is 3.03. The lowest BCUT2D eigenvalue weighted by atomic mass is 10.1. The minimum atomic E-state index is 0.585. The molecule has 1 aliphatic carbocycles. The summed E-state index contributed by atoms with van der Waals surface area (Å²) in [5, 5.41) is 3.61. The Morgan fingerprint density at radius 3 is 2.55 bits per heavy atom. The lowest BCUT2D eigenvalue weighted by molar-refractivity contribution is 0.740. The molecule has 3 rings (SSSR count). The fraction of sp³-hybridized carbons (Fsp3) is 0.471. The highest BCUT2D eigenvalue weighted by Crippen LogP contribution is 2.24. The van der Waals surface area contributed by atoms with Crippen molar-refractivity contribution in [3.63, 3.8) is 0 Å². The highest BCUT2D eigenvalue weighted by Gasteiger charge is 2.17. The van der Waals surface area contributed by atoms with Gasteiger partial charge in [-0.05, 0) is 56.9 Å². The zero-order chi connectivity index (χ0) is 14.1. The first-order valence-electron chi connectivity index (χ1n) is 7.53. The van der Waals surface area contributed by atoms with Crippen molar-refractivity contribution in [2.75, 3.05) is 5.32 Å². The third-order valence-corrected chi connectivity index (χ3v) is 4.28. The smallest absolute Gasteiger partial charge is 0.207 e. The summed E-state index contributed by atoms with van der Waals surface area (Å²) in [4.78, 5) is 4.65. The van der Waals surface area contributed by atoms with Crippen molar-refractivity contribution >= 4 is 5.95 Å². The van der Waals surface area contributed by atoms with E-state index in [0.29, 0.717) is 6.04 Å². The molecule has 0 saturated heterocycles. The van der Waals surface area contributed by atoms with Gasteiger partial charge in [0.05, 0.1) is 5.69 Å². The SMILES string of the molecule is Cc1cn(-c2ccc(C)c(C)c2)c(NC2CCCC2)n1. The lowest BCUT2D eigenvalue weighted by Crippen LogP contribution is -2.17. The third kappa shape index (κ3) is 2.58. The van der Waals surface area contributed by atoms with Crippen LogP contribution >= 0.6 is 0 Å². The molecule has 0 radical (unpaired) electrons. The number of hydrogen-bond acceptors (Lipinski definition) is 2. The molecule has 1 aliphatic rings. The highest BCUT2D eigenvalue weighted by molar-refractivity contribution is 5.46. The summed E-state index contributed by atoms with van der Waals surface area (Å²) in [6.45, 7) is 6.36. The van der Waals surface area contributed by atoms with Gasteiger partial charge in [0, 0.05) is 17.9 Å². The molecule has 1 aromatic carbocycles. The predicted molar refractivity (Wildman–Crippen MR) is 83.7 cm³/mol. The van der Waals surface area contributed by atoms with E-state index in [-0.39, 0.29) is 0 Å². The molecule has 20 heavy (non-hydrogen) atoms. The maximum absolute atomic E-state index is 4.65. The second-order valence-corrected chi connectivity index (χ2v) is 5.97. The fourth-order valence-electron chi connectivity index (χ4n) is 2.92.